The van der Waals surface area contributed by atoms with Gasteiger partial charge >= 0.3 is 0 Å². The minimum absolute atomic E-state index is 0.0904. The summed E-state index contributed by atoms with van der Waals surface area (Å²) in [5.74, 6) is -0.228. The van der Waals surface area contributed by atoms with E-state index in [9.17, 15) is 14.4 Å². The molecule has 216 valence electrons. The van der Waals surface area contributed by atoms with E-state index in [4.69, 9.17) is 0 Å². The predicted octanol–water partition coefficient (Wildman–Crippen LogP) is 5.91. The number of thiazole rings is 1. The Morgan fingerprint density at radius 1 is 1.12 bits per heavy atom. The van der Waals surface area contributed by atoms with Crippen LogP contribution in [0, 0.1) is 25.7 Å². The van der Waals surface area contributed by atoms with Gasteiger partial charge in [0.1, 0.15) is 12.1 Å². The van der Waals surface area contributed by atoms with Crippen LogP contribution in [0.25, 0.3) is 10.4 Å². The largest absolute Gasteiger partial charge is 0.348 e. The number of hydrogen-bond acceptors (Lipinski definition) is 5. The molecule has 0 spiro atoms. The quantitative estimate of drug-likeness (QED) is 0.364. The van der Waals surface area contributed by atoms with Crippen molar-refractivity contribution < 1.29 is 14.4 Å². The molecule has 1 N–H and O–H groups in total. The molecule has 0 saturated carbocycles. The van der Waals surface area contributed by atoms with Gasteiger partial charge in [0, 0.05) is 18.7 Å². The maximum absolute atomic E-state index is 14.2. The van der Waals surface area contributed by atoms with Crippen molar-refractivity contribution in [2.45, 2.75) is 79.1 Å². The van der Waals surface area contributed by atoms with E-state index in [0.29, 0.717) is 25.1 Å². The van der Waals surface area contributed by atoms with Crippen LogP contribution in [0.5, 0.6) is 0 Å². The summed E-state index contributed by atoms with van der Waals surface area (Å²) < 4.78 is 0. The van der Waals surface area contributed by atoms with Gasteiger partial charge in [-0.3, -0.25) is 14.4 Å². The lowest BCUT2D eigenvalue weighted by atomic mass is 9.98. The summed E-state index contributed by atoms with van der Waals surface area (Å²) in [4.78, 5) is 50.3. The highest BCUT2D eigenvalue weighted by Crippen LogP contribution is 2.33. The summed E-state index contributed by atoms with van der Waals surface area (Å²) in [6.45, 7) is 13.1. The van der Waals surface area contributed by atoms with Crippen LogP contribution < -0.4 is 5.32 Å². The van der Waals surface area contributed by atoms with Crippen molar-refractivity contribution in [1.29, 1.82) is 0 Å². The fourth-order valence-electron chi connectivity index (χ4n) is 6.43. The zero-order chi connectivity index (χ0) is 29.4. The number of fused-ring (bicyclic) bond motifs is 1. The zero-order valence-electron chi connectivity index (χ0n) is 24.8. The second-order valence-corrected chi connectivity index (χ2v) is 12.7. The van der Waals surface area contributed by atoms with Gasteiger partial charge in [0.25, 0.3) is 5.91 Å². The Morgan fingerprint density at radius 2 is 1.88 bits per heavy atom. The van der Waals surface area contributed by atoms with Crippen molar-refractivity contribution in [2.24, 2.45) is 11.8 Å². The molecule has 2 aliphatic rings. The molecule has 0 aliphatic carbocycles. The number of nitrogens with zero attached hydrogens (tertiary/aromatic N) is 3. The lowest BCUT2D eigenvalue weighted by Crippen LogP contribution is -2.55. The smallest absolute Gasteiger partial charge is 0.255 e. The number of likely N-dealkylation sites (tertiary alicyclic amines) is 1. The molecule has 0 bridgehead atoms. The summed E-state index contributed by atoms with van der Waals surface area (Å²) in [5, 5.41) is 3.21. The van der Waals surface area contributed by atoms with E-state index >= 15 is 0 Å². The average molecular weight is 573 g/mol. The van der Waals surface area contributed by atoms with Crippen LogP contribution >= 0.6 is 11.3 Å². The standard InChI is InChI=1S/C33H40N4O3S/c1-7-23-15-28(31(38)35-21(5)26-13-12-24(14-20(26)4)30-22(6)34-18-41-30)36(16-23)33(40)29(19(2)3)37-17-25-10-8-9-11-27(25)32(37)39/h8-14,18-19,21,23,28-29H,7,15-17H2,1-6H3,(H,35,38). The number of hydrogen-bond donors (Lipinski definition) is 1. The van der Waals surface area contributed by atoms with Gasteiger partial charge in [-0.05, 0) is 67.3 Å². The third-order valence-electron chi connectivity index (χ3n) is 8.72. The number of benzene rings is 2. The summed E-state index contributed by atoms with van der Waals surface area (Å²) in [6.07, 6.45) is 1.52. The first kappa shape index (κ1) is 29.0. The maximum atomic E-state index is 14.2. The molecule has 2 aromatic carbocycles. The van der Waals surface area contributed by atoms with Crippen molar-refractivity contribution >= 4 is 29.1 Å². The van der Waals surface area contributed by atoms with E-state index in [2.05, 4.69) is 42.3 Å². The van der Waals surface area contributed by atoms with Crippen LogP contribution in [-0.4, -0.2) is 51.1 Å². The molecule has 3 aromatic rings. The Labute approximate surface area is 247 Å². The molecule has 1 saturated heterocycles. The van der Waals surface area contributed by atoms with Crippen LogP contribution in [0.1, 0.15) is 79.3 Å². The molecule has 7 nitrogen and oxygen atoms in total. The van der Waals surface area contributed by atoms with Gasteiger partial charge in [-0.1, -0.05) is 63.6 Å². The number of aromatic nitrogens is 1. The molecule has 1 fully saturated rings. The fourth-order valence-corrected chi connectivity index (χ4v) is 7.23. The van der Waals surface area contributed by atoms with E-state index in [1.807, 2.05) is 57.5 Å². The van der Waals surface area contributed by atoms with E-state index < -0.39 is 12.1 Å². The van der Waals surface area contributed by atoms with Crippen LogP contribution in [0.4, 0.5) is 0 Å². The summed E-state index contributed by atoms with van der Waals surface area (Å²) in [7, 11) is 0. The first-order chi connectivity index (χ1) is 19.6. The fraction of sp³-hybridized carbons (Fsp3) is 0.455. The van der Waals surface area contributed by atoms with Gasteiger partial charge in [0.2, 0.25) is 11.8 Å². The highest BCUT2D eigenvalue weighted by molar-refractivity contribution is 7.13. The minimum Gasteiger partial charge on any atom is -0.348 e. The normalized spacial score (nSPS) is 19.9. The second-order valence-electron chi connectivity index (χ2n) is 11.9. The topological polar surface area (TPSA) is 82.6 Å². The van der Waals surface area contributed by atoms with Crippen molar-refractivity contribution in [2.75, 3.05) is 6.54 Å². The minimum atomic E-state index is -0.622. The third-order valence-corrected chi connectivity index (χ3v) is 9.70. The van der Waals surface area contributed by atoms with Crippen molar-refractivity contribution in [3.63, 3.8) is 0 Å². The molecule has 2 aliphatic heterocycles. The number of nitrogens with one attached hydrogen (secondary N) is 1. The lowest BCUT2D eigenvalue weighted by Gasteiger charge is -2.35. The van der Waals surface area contributed by atoms with Gasteiger partial charge in [-0.2, -0.15) is 0 Å². The Balaban J connectivity index is 1.34. The summed E-state index contributed by atoms with van der Waals surface area (Å²) in [6, 6.07) is 12.5. The molecule has 4 atom stereocenters. The molecule has 1 aromatic heterocycles. The second kappa shape index (κ2) is 11.8. The van der Waals surface area contributed by atoms with Crippen LogP contribution in [-0.2, 0) is 16.1 Å². The van der Waals surface area contributed by atoms with E-state index in [-0.39, 0.29) is 35.6 Å². The van der Waals surface area contributed by atoms with Crippen molar-refractivity contribution in [3.05, 3.63) is 75.9 Å². The molecule has 8 heteroatoms. The van der Waals surface area contributed by atoms with Crippen LogP contribution in [0.2, 0.25) is 0 Å². The Bertz CT molecular complexity index is 1460. The Hall–Kier alpha value is -3.52. The average Bonchev–Trinajstić information content (AvgIpc) is 3.66. The molecular weight excluding hydrogens is 532 g/mol. The zero-order valence-corrected chi connectivity index (χ0v) is 25.6. The number of rotatable bonds is 8. The summed E-state index contributed by atoms with van der Waals surface area (Å²) >= 11 is 1.63. The summed E-state index contributed by atoms with van der Waals surface area (Å²) in [5.41, 5.74) is 7.75. The van der Waals surface area contributed by atoms with E-state index in [0.717, 1.165) is 39.2 Å². The maximum Gasteiger partial charge on any atom is 0.255 e. The molecule has 4 unspecified atom stereocenters. The van der Waals surface area contributed by atoms with E-state index in [1.54, 1.807) is 21.1 Å². The molecule has 5 rings (SSSR count). The van der Waals surface area contributed by atoms with Crippen molar-refractivity contribution in [3.8, 4) is 10.4 Å². The van der Waals surface area contributed by atoms with Gasteiger partial charge in [-0.15, -0.1) is 11.3 Å². The molecule has 3 amide bonds. The highest BCUT2D eigenvalue weighted by Gasteiger charge is 2.45. The number of carbonyl (C=O) groups excluding carboxylic acids is 3. The van der Waals surface area contributed by atoms with Gasteiger partial charge in [-0.25, -0.2) is 4.98 Å². The highest BCUT2D eigenvalue weighted by atomic mass is 32.1. The van der Waals surface area contributed by atoms with Crippen molar-refractivity contribution in [1.82, 2.24) is 20.1 Å². The number of aryl methyl sites for hydroxylation is 2. The first-order valence-corrected chi connectivity index (χ1v) is 15.5. The Morgan fingerprint density at radius 3 is 2.51 bits per heavy atom. The number of amides is 3. The first-order valence-electron chi connectivity index (χ1n) is 14.6. The lowest BCUT2D eigenvalue weighted by molar-refractivity contribution is -0.143. The van der Waals surface area contributed by atoms with Crippen LogP contribution in [0.3, 0.4) is 0 Å². The molecule has 0 radical (unpaired) electrons. The van der Waals surface area contributed by atoms with Crippen LogP contribution in [0.15, 0.2) is 48.0 Å². The monoisotopic (exact) mass is 572 g/mol. The molecule has 41 heavy (non-hydrogen) atoms. The third kappa shape index (κ3) is 5.54. The van der Waals surface area contributed by atoms with Gasteiger partial charge in [0.15, 0.2) is 0 Å². The predicted molar refractivity (Wildman–Crippen MR) is 162 cm³/mol. The molecular formula is C33H40N4O3S. The van der Waals surface area contributed by atoms with Gasteiger partial charge < -0.3 is 15.1 Å². The van der Waals surface area contributed by atoms with E-state index in [1.165, 1.54) is 0 Å². The Kier molecular flexibility index (Phi) is 8.32. The molecule has 3 heterocycles. The van der Waals surface area contributed by atoms with Gasteiger partial charge in [0.05, 0.1) is 22.1 Å². The number of carbonyl (C=O) groups is 3. The SMILES string of the molecule is CCC1CC(C(=O)NC(C)c2ccc(-c3scnc3C)cc2C)N(C(=O)C(C(C)C)N2Cc3ccccc3C2=O)C1.